The van der Waals surface area contributed by atoms with E-state index in [1.165, 1.54) is 23.0 Å². The lowest BCUT2D eigenvalue weighted by atomic mass is 10.1. The molecule has 0 aliphatic rings. The third-order valence-corrected chi connectivity index (χ3v) is 3.76. The van der Waals surface area contributed by atoms with E-state index in [1.54, 1.807) is 0 Å². The second-order valence-corrected chi connectivity index (χ2v) is 6.91. The number of rotatable bonds is 6. The summed E-state index contributed by atoms with van der Waals surface area (Å²) in [6.45, 7) is 0.364. The zero-order valence-electron chi connectivity index (χ0n) is 11.6. The fraction of sp³-hybridized carbons (Fsp3) is 0.333. The van der Waals surface area contributed by atoms with Gasteiger partial charge < -0.3 is 5.11 Å². The molecule has 1 unspecified atom stereocenters. The van der Waals surface area contributed by atoms with Gasteiger partial charge in [0, 0.05) is 17.1 Å². The first kappa shape index (κ1) is 16.8. The third kappa shape index (κ3) is 4.47. The highest BCUT2D eigenvalue weighted by Crippen LogP contribution is 2.24. The molecule has 120 valence electrons. The maximum absolute atomic E-state index is 13.8. The quantitative estimate of drug-likeness (QED) is 0.801. The molecule has 1 aromatic heterocycles. The van der Waals surface area contributed by atoms with Crippen molar-refractivity contribution in [2.24, 2.45) is 0 Å². The van der Waals surface area contributed by atoms with Gasteiger partial charge in [-0.3, -0.25) is 4.68 Å². The second kappa shape index (κ2) is 6.69. The third-order valence-electron chi connectivity index (χ3n) is 2.80. The molecule has 0 amide bonds. The summed E-state index contributed by atoms with van der Waals surface area (Å²) in [7, 11) is -3.28. The van der Waals surface area contributed by atoms with Gasteiger partial charge in [0.15, 0.2) is 0 Å². The van der Waals surface area contributed by atoms with Crippen molar-refractivity contribution in [3.05, 3.63) is 46.5 Å². The first-order valence-electron chi connectivity index (χ1n) is 6.24. The van der Waals surface area contributed by atoms with Crippen LogP contribution in [0.2, 0.25) is 5.02 Å². The molecule has 1 atom stereocenters. The summed E-state index contributed by atoms with van der Waals surface area (Å²) >= 11 is 5.66. The van der Waals surface area contributed by atoms with Crippen LogP contribution in [0, 0.1) is 5.82 Å². The summed E-state index contributed by atoms with van der Waals surface area (Å²) in [5, 5.41) is 17.9. The molecule has 0 aliphatic heterocycles. The molecule has 2 rings (SSSR count). The number of benzene rings is 1. The molecule has 10 heteroatoms. The predicted octanol–water partition coefficient (Wildman–Crippen LogP) is 0.702. The average molecular weight is 349 g/mol. The van der Waals surface area contributed by atoms with Crippen LogP contribution in [0.25, 0.3) is 0 Å². The highest BCUT2D eigenvalue weighted by Gasteiger charge is 2.18. The Balaban J connectivity index is 2.07. The van der Waals surface area contributed by atoms with Gasteiger partial charge in [0.05, 0.1) is 19.0 Å². The van der Waals surface area contributed by atoms with Crippen molar-refractivity contribution in [3.63, 3.8) is 0 Å². The fourth-order valence-electron chi connectivity index (χ4n) is 1.78. The maximum atomic E-state index is 13.8. The average Bonchev–Trinajstić information content (AvgIpc) is 2.85. The minimum absolute atomic E-state index is 0.0331. The van der Waals surface area contributed by atoms with Crippen LogP contribution in [-0.2, 0) is 16.6 Å². The first-order chi connectivity index (χ1) is 10.3. The number of hydrogen-bond donors (Lipinski definition) is 2. The van der Waals surface area contributed by atoms with Gasteiger partial charge in [0.1, 0.15) is 17.6 Å². The molecule has 2 N–H and O–H groups in total. The summed E-state index contributed by atoms with van der Waals surface area (Å²) in [5.74, 6) is -0.645. The van der Waals surface area contributed by atoms with Gasteiger partial charge in [-0.15, -0.1) is 5.10 Å². The Morgan fingerprint density at radius 1 is 1.50 bits per heavy atom. The minimum Gasteiger partial charge on any atom is -0.382 e. The van der Waals surface area contributed by atoms with E-state index >= 15 is 0 Å². The molecule has 1 aromatic carbocycles. The van der Waals surface area contributed by atoms with Crippen LogP contribution in [-0.4, -0.2) is 41.3 Å². The van der Waals surface area contributed by atoms with Crippen molar-refractivity contribution < 1.29 is 17.9 Å². The van der Waals surface area contributed by atoms with Gasteiger partial charge in [0.25, 0.3) is 0 Å². The van der Waals surface area contributed by atoms with Gasteiger partial charge in [-0.2, -0.15) is 0 Å². The molecule has 0 saturated carbocycles. The number of nitrogens with zero attached hydrogens (tertiary/aromatic N) is 3. The smallest absolute Gasteiger partial charge is 0.208 e. The molecule has 0 aliphatic carbocycles. The minimum atomic E-state index is -3.28. The van der Waals surface area contributed by atoms with E-state index < -0.39 is 21.9 Å². The zero-order valence-corrected chi connectivity index (χ0v) is 13.1. The molecule has 0 spiro atoms. The van der Waals surface area contributed by atoms with E-state index in [9.17, 15) is 17.9 Å². The first-order valence-corrected chi connectivity index (χ1v) is 8.51. The lowest BCUT2D eigenvalue weighted by molar-refractivity contribution is 0.210. The van der Waals surface area contributed by atoms with Crippen molar-refractivity contribution >= 4 is 21.6 Å². The lowest BCUT2D eigenvalue weighted by Gasteiger charge is -2.08. The van der Waals surface area contributed by atoms with Crippen molar-refractivity contribution in [2.45, 2.75) is 12.6 Å². The Labute approximate surface area is 131 Å². The van der Waals surface area contributed by atoms with Gasteiger partial charge in [-0.25, -0.2) is 17.5 Å². The van der Waals surface area contributed by atoms with Crippen LogP contribution >= 0.6 is 11.6 Å². The molecule has 2 aromatic rings. The summed E-state index contributed by atoms with van der Waals surface area (Å²) in [6.07, 6.45) is 1.18. The molecule has 22 heavy (non-hydrogen) atoms. The largest absolute Gasteiger partial charge is 0.382 e. The topological polar surface area (TPSA) is 97.1 Å². The number of aromatic nitrogens is 3. The van der Waals surface area contributed by atoms with E-state index in [2.05, 4.69) is 15.0 Å². The number of sulfonamides is 1. The number of aliphatic hydroxyl groups excluding tert-OH is 1. The molecule has 1 heterocycles. The molecule has 0 radical (unpaired) electrons. The normalized spacial score (nSPS) is 13.3. The highest BCUT2D eigenvalue weighted by molar-refractivity contribution is 7.88. The Kier molecular flexibility index (Phi) is 5.12. The number of aliphatic hydroxyl groups is 1. The molecule has 7 nitrogen and oxygen atoms in total. The number of hydrogen-bond acceptors (Lipinski definition) is 5. The van der Waals surface area contributed by atoms with Gasteiger partial charge in [-0.05, 0) is 12.1 Å². The van der Waals surface area contributed by atoms with E-state index in [0.29, 0.717) is 0 Å². The van der Waals surface area contributed by atoms with Crippen LogP contribution in [0.4, 0.5) is 4.39 Å². The van der Waals surface area contributed by atoms with E-state index in [0.717, 1.165) is 12.3 Å². The summed E-state index contributed by atoms with van der Waals surface area (Å²) in [6, 6.07) is 3.93. The molecule has 0 bridgehead atoms. The Morgan fingerprint density at radius 3 is 2.86 bits per heavy atom. The predicted molar refractivity (Wildman–Crippen MR) is 78.3 cm³/mol. The number of nitrogens with one attached hydrogen (secondary N) is 1. The van der Waals surface area contributed by atoms with Crippen molar-refractivity contribution in [1.29, 1.82) is 0 Å². The Bertz CT molecular complexity index is 765. The molecular formula is C12H14ClFN4O3S. The van der Waals surface area contributed by atoms with Crippen molar-refractivity contribution in [2.75, 3.05) is 12.8 Å². The summed E-state index contributed by atoms with van der Waals surface area (Å²) < 4.78 is 39.3. The Morgan fingerprint density at radius 2 is 2.23 bits per heavy atom. The SMILES string of the molecule is CS(=O)(=O)NCCn1cc(C(O)c2ccc(Cl)cc2F)nn1. The van der Waals surface area contributed by atoms with Gasteiger partial charge in [0.2, 0.25) is 10.0 Å². The van der Waals surface area contributed by atoms with Gasteiger partial charge >= 0.3 is 0 Å². The van der Waals surface area contributed by atoms with Crippen LogP contribution in [0.15, 0.2) is 24.4 Å². The van der Waals surface area contributed by atoms with Crippen molar-refractivity contribution in [1.82, 2.24) is 19.7 Å². The molecular weight excluding hydrogens is 335 g/mol. The maximum Gasteiger partial charge on any atom is 0.208 e. The van der Waals surface area contributed by atoms with Crippen LogP contribution in [0.1, 0.15) is 17.4 Å². The summed E-state index contributed by atoms with van der Waals surface area (Å²) in [4.78, 5) is 0. The van der Waals surface area contributed by atoms with Crippen LogP contribution in [0.5, 0.6) is 0 Å². The molecule has 0 fully saturated rings. The fourth-order valence-corrected chi connectivity index (χ4v) is 2.40. The van der Waals surface area contributed by atoms with Crippen molar-refractivity contribution in [3.8, 4) is 0 Å². The zero-order chi connectivity index (χ0) is 16.3. The van der Waals surface area contributed by atoms with Gasteiger partial charge in [-0.1, -0.05) is 22.9 Å². The second-order valence-electron chi connectivity index (χ2n) is 4.64. The van der Waals surface area contributed by atoms with Crippen LogP contribution < -0.4 is 4.72 Å². The van der Waals surface area contributed by atoms with E-state index in [-0.39, 0.29) is 29.4 Å². The standard InChI is InChI=1S/C12H14ClFN4O3S/c1-22(20,21)15-4-5-18-7-11(16-17-18)12(19)9-3-2-8(13)6-10(9)14/h2-3,6-7,12,15,19H,4-5H2,1H3. The highest BCUT2D eigenvalue weighted by atomic mass is 35.5. The van der Waals surface area contributed by atoms with E-state index in [4.69, 9.17) is 11.6 Å². The Hall–Kier alpha value is -1.55. The monoisotopic (exact) mass is 348 g/mol. The van der Waals surface area contributed by atoms with E-state index in [1.807, 2.05) is 0 Å². The summed E-state index contributed by atoms with van der Waals surface area (Å²) in [5.41, 5.74) is 0.186. The molecule has 0 saturated heterocycles. The number of halogens is 2. The lowest BCUT2D eigenvalue weighted by Crippen LogP contribution is -2.26. The van der Waals surface area contributed by atoms with Crippen LogP contribution in [0.3, 0.4) is 0 Å².